The number of carbonyl (C=O) groups excluding carboxylic acids is 3. The van der Waals surface area contributed by atoms with Crippen molar-refractivity contribution in [3.8, 4) is 5.75 Å². The second-order valence-corrected chi connectivity index (χ2v) is 10.5. The summed E-state index contributed by atoms with van der Waals surface area (Å²) in [7, 11) is 1.56. The highest BCUT2D eigenvalue weighted by Gasteiger charge is 2.75. The van der Waals surface area contributed by atoms with Crippen LogP contribution < -0.4 is 15.4 Å². The van der Waals surface area contributed by atoms with E-state index in [0.717, 1.165) is 0 Å². The first-order valence-electron chi connectivity index (χ1n) is 13.4. The van der Waals surface area contributed by atoms with E-state index in [1.165, 1.54) is 4.90 Å². The van der Waals surface area contributed by atoms with E-state index in [1.807, 2.05) is 48.5 Å². The Morgan fingerprint density at radius 2 is 1.60 bits per heavy atom. The van der Waals surface area contributed by atoms with Gasteiger partial charge in [-0.2, -0.15) is 0 Å². The van der Waals surface area contributed by atoms with Crippen LogP contribution in [0.1, 0.15) is 24.4 Å². The van der Waals surface area contributed by atoms with E-state index in [9.17, 15) is 19.5 Å². The monoisotopic (exact) mass is 541 g/mol. The van der Waals surface area contributed by atoms with Gasteiger partial charge < -0.3 is 30.1 Å². The zero-order valence-electron chi connectivity index (χ0n) is 22.0. The molecule has 206 valence electrons. The number of likely N-dealkylation sites (tertiary alicyclic amines) is 1. The Morgan fingerprint density at radius 3 is 2.25 bits per heavy atom. The molecule has 0 aromatic heterocycles. The second-order valence-electron chi connectivity index (χ2n) is 10.5. The summed E-state index contributed by atoms with van der Waals surface area (Å²) in [4.78, 5) is 43.5. The molecule has 0 radical (unpaired) electrons. The number of rotatable bonds is 8. The van der Waals surface area contributed by atoms with Gasteiger partial charge in [-0.15, -0.1) is 0 Å². The fourth-order valence-corrected chi connectivity index (χ4v) is 6.69. The lowest BCUT2D eigenvalue weighted by molar-refractivity contribution is -0.143. The number of para-hydroxylation sites is 1. The molecule has 3 aromatic carbocycles. The van der Waals surface area contributed by atoms with Crippen molar-refractivity contribution in [2.75, 3.05) is 24.4 Å². The highest BCUT2D eigenvalue weighted by atomic mass is 16.5. The van der Waals surface area contributed by atoms with Crippen LogP contribution in [0.5, 0.6) is 5.75 Å². The Morgan fingerprint density at radius 1 is 0.975 bits per heavy atom. The SMILES string of the molecule is COc1ccc(NC(=O)C2N([C@H](CO)c3ccccc3)C(=O)[C@@H]3[C@@H](C(=O)Nc4ccccc4)[C@H]4CCC23O4)cc1. The molecule has 3 saturated heterocycles. The molecule has 2 bridgehead atoms. The fraction of sp³-hybridized carbons (Fsp3) is 0.323. The summed E-state index contributed by atoms with van der Waals surface area (Å²) < 4.78 is 11.7. The summed E-state index contributed by atoms with van der Waals surface area (Å²) in [5.41, 5.74) is 0.651. The molecule has 1 spiro atoms. The Kier molecular flexibility index (Phi) is 6.77. The Bertz CT molecular complexity index is 1400. The topological polar surface area (TPSA) is 117 Å². The van der Waals surface area contributed by atoms with Gasteiger partial charge in [0.15, 0.2) is 0 Å². The zero-order valence-corrected chi connectivity index (χ0v) is 22.0. The van der Waals surface area contributed by atoms with Crippen molar-refractivity contribution < 1.29 is 29.0 Å². The summed E-state index contributed by atoms with van der Waals surface area (Å²) in [5, 5.41) is 16.4. The maximum atomic E-state index is 14.3. The molecule has 3 fully saturated rings. The van der Waals surface area contributed by atoms with E-state index >= 15 is 0 Å². The minimum Gasteiger partial charge on any atom is -0.497 e. The quantitative estimate of drug-likeness (QED) is 0.403. The van der Waals surface area contributed by atoms with Gasteiger partial charge in [0.2, 0.25) is 17.7 Å². The Labute approximate surface area is 232 Å². The molecule has 6 atom stereocenters. The van der Waals surface area contributed by atoms with Gasteiger partial charge in [0, 0.05) is 11.4 Å². The van der Waals surface area contributed by atoms with Crippen molar-refractivity contribution in [1.82, 2.24) is 4.90 Å². The van der Waals surface area contributed by atoms with Crippen LogP contribution in [-0.2, 0) is 19.1 Å². The molecule has 3 aliphatic rings. The third-order valence-corrected chi connectivity index (χ3v) is 8.38. The second kappa shape index (κ2) is 10.4. The summed E-state index contributed by atoms with van der Waals surface area (Å²) in [6.07, 6.45) is 0.514. The Hall–Kier alpha value is -4.21. The Balaban J connectivity index is 1.38. The molecule has 9 nitrogen and oxygen atoms in total. The molecule has 40 heavy (non-hydrogen) atoms. The van der Waals surface area contributed by atoms with Gasteiger partial charge in [-0.1, -0.05) is 48.5 Å². The standard InChI is InChI=1S/C31H31N3O6/c1-39-22-14-12-21(13-15-22)33-29(37)27-31-17-16-24(40-31)25(28(36)32-20-10-6-3-7-11-20)26(31)30(38)34(27)23(18-35)19-8-4-2-5-9-19/h2-15,23-27,35H,16-18H2,1H3,(H,32,36)(H,33,37)/t23-,24-,25+,26+,27?,31?/m1/s1. The first-order valence-corrected chi connectivity index (χ1v) is 13.4. The van der Waals surface area contributed by atoms with Crippen LogP contribution >= 0.6 is 0 Å². The van der Waals surface area contributed by atoms with Crippen LogP contribution in [0, 0.1) is 11.8 Å². The number of fused-ring (bicyclic) bond motifs is 1. The van der Waals surface area contributed by atoms with Crippen LogP contribution in [-0.4, -0.2) is 59.2 Å². The molecule has 3 N–H and O–H groups in total. The number of ether oxygens (including phenoxy) is 2. The number of aliphatic hydroxyl groups excluding tert-OH is 1. The number of hydrogen-bond donors (Lipinski definition) is 3. The number of aliphatic hydroxyl groups is 1. The van der Waals surface area contributed by atoms with Gasteiger partial charge in [-0.25, -0.2) is 0 Å². The maximum Gasteiger partial charge on any atom is 0.250 e. The molecular weight excluding hydrogens is 510 g/mol. The van der Waals surface area contributed by atoms with Gasteiger partial charge in [0.25, 0.3) is 0 Å². The zero-order chi connectivity index (χ0) is 27.9. The van der Waals surface area contributed by atoms with Crippen molar-refractivity contribution in [2.24, 2.45) is 11.8 Å². The predicted octanol–water partition coefficient (Wildman–Crippen LogP) is 3.38. The van der Waals surface area contributed by atoms with Crippen LogP contribution in [0.3, 0.4) is 0 Å². The number of nitrogens with one attached hydrogen (secondary N) is 2. The summed E-state index contributed by atoms with van der Waals surface area (Å²) in [6, 6.07) is 23.2. The van der Waals surface area contributed by atoms with E-state index in [4.69, 9.17) is 9.47 Å². The van der Waals surface area contributed by atoms with E-state index in [0.29, 0.717) is 35.5 Å². The molecular formula is C31H31N3O6. The molecule has 3 aromatic rings. The van der Waals surface area contributed by atoms with E-state index in [2.05, 4.69) is 10.6 Å². The van der Waals surface area contributed by atoms with Crippen molar-refractivity contribution in [2.45, 2.75) is 36.6 Å². The molecule has 9 heteroatoms. The fourth-order valence-electron chi connectivity index (χ4n) is 6.69. The minimum absolute atomic E-state index is 0.312. The van der Waals surface area contributed by atoms with Crippen molar-refractivity contribution in [3.63, 3.8) is 0 Å². The molecule has 3 aliphatic heterocycles. The van der Waals surface area contributed by atoms with Crippen molar-refractivity contribution in [1.29, 1.82) is 0 Å². The van der Waals surface area contributed by atoms with Gasteiger partial charge in [-0.3, -0.25) is 14.4 Å². The highest BCUT2D eigenvalue weighted by molar-refractivity contribution is 6.05. The van der Waals surface area contributed by atoms with Crippen LogP contribution in [0.2, 0.25) is 0 Å². The van der Waals surface area contributed by atoms with Gasteiger partial charge in [0.05, 0.1) is 37.7 Å². The number of hydrogen-bond acceptors (Lipinski definition) is 6. The number of amides is 3. The summed E-state index contributed by atoms with van der Waals surface area (Å²) in [6.45, 7) is -0.394. The first kappa shape index (κ1) is 26.0. The molecule has 3 heterocycles. The minimum atomic E-state index is -1.20. The number of carbonyl (C=O) groups is 3. The number of anilines is 2. The van der Waals surface area contributed by atoms with Crippen molar-refractivity contribution in [3.05, 3.63) is 90.5 Å². The molecule has 0 saturated carbocycles. The highest BCUT2D eigenvalue weighted by Crippen LogP contribution is 2.59. The molecule has 6 rings (SSSR count). The van der Waals surface area contributed by atoms with Gasteiger partial charge >= 0.3 is 0 Å². The van der Waals surface area contributed by atoms with E-state index in [-0.39, 0.29) is 11.8 Å². The predicted molar refractivity (Wildman–Crippen MR) is 147 cm³/mol. The average molecular weight is 542 g/mol. The lowest BCUT2D eigenvalue weighted by Crippen LogP contribution is -2.54. The van der Waals surface area contributed by atoms with Gasteiger partial charge in [0.1, 0.15) is 17.4 Å². The van der Waals surface area contributed by atoms with Gasteiger partial charge in [-0.05, 0) is 54.8 Å². The smallest absolute Gasteiger partial charge is 0.250 e. The van der Waals surface area contributed by atoms with Crippen LogP contribution in [0.25, 0.3) is 0 Å². The van der Waals surface area contributed by atoms with Crippen LogP contribution in [0.15, 0.2) is 84.9 Å². The number of benzene rings is 3. The lowest BCUT2D eigenvalue weighted by atomic mass is 9.70. The lowest BCUT2D eigenvalue weighted by Gasteiger charge is -2.36. The third-order valence-electron chi connectivity index (χ3n) is 8.38. The average Bonchev–Trinajstić information content (AvgIpc) is 3.63. The maximum absolute atomic E-state index is 14.3. The third kappa shape index (κ3) is 4.22. The normalized spacial score (nSPS) is 27.2. The largest absolute Gasteiger partial charge is 0.497 e. The molecule has 3 amide bonds. The number of nitrogens with zero attached hydrogens (tertiary/aromatic N) is 1. The number of methoxy groups -OCH3 is 1. The van der Waals surface area contributed by atoms with E-state index < -0.39 is 48.1 Å². The molecule has 2 unspecified atom stereocenters. The van der Waals surface area contributed by atoms with Crippen molar-refractivity contribution >= 4 is 29.1 Å². The summed E-state index contributed by atoms with van der Waals surface area (Å²) >= 11 is 0. The molecule has 0 aliphatic carbocycles. The van der Waals surface area contributed by atoms with Crippen LogP contribution in [0.4, 0.5) is 11.4 Å². The first-order chi connectivity index (χ1) is 19.5. The summed E-state index contributed by atoms with van der Waals surface area (Å²) in [5.74, 6) is -2.10. The van der Waals surface area contributed by atoms with E-state index in [1.54, 1.807) is 43.5 Å².